The van der Waals surface area contributed by atoms with Crippen molar-refractivity contribution in [2.45, 2.75) is 32.6 Å². The molecule has 7 nitrogen and oxygen atoms in total. The Bertz CT molecular complexity index is 548. The molecule has 0 spiro atoms. The minimum absolute atomic E-state index is 0.0174. The molecule has 0 aromatic carbocycles. The van der Waals surface area contributed by atoms with Crippen LogP contribution in [0.1, 0.15) is 31.3 Å². The zero-order valence-electron chi connectivity index (χ0n) is 11.3. The van der Waals surface area contributed by atoms with E-state index in [9.17, 15) is 13.2 Å². The molecule has 8 heteroatoms. The van der Waals surface area contributed by atoms with E-state index in [0.717, 1.165) is 0 Å². The van der Waals surface area contributed by atoms with Crippen molar-refractivity contribution in [1.29, 1.82) is 0 Å². The van der Waals surface area contributed by atoms with Crippen LogP contribution in [0.2, 0.25) is 0 Å². The lowest BCUT2D eigenvalue weighted by molar-refractivity contribution is 0.0519. The van der Waals surface area contributed by atoms with E-state index in [4.69, 9.17) is 10.5 Å². The summed E-state index contributed by atoms with van der Waals surface area (Å²) in [6.07, 6.45) is 1.43. The Morgan fingerprint density at radius 2 is 2.16 bits per heavy atom. The molecule has 1 heterocycles. The van der Waals surface area contributed by atoms with Gasteiger partial charge in [-0.25, -0.2) is 13.2 Å². The maximum atomic E-state index is 11.7. The normalized spacial score (nSPS) is 11.8. The van der Waals surface area contributed by atoms with Crippen LogP contribution in [0.5, 0.6) is 0 Å². The van der Waals surface area contributed by atoms with Gasteiger partial charge in [-0.05, 0) is 20.8 Å². The Balaban J connectivity index is 2.77. The number of anilines is 1. The number of nitrogen functional groups attached to an aromatic ring is 1. The van der Waals surface area contributed by atoms with E-state index in [1.165, 1.54) is 10.9 Å². The Morgan fingerprint density at radius 3 is 2.68 bits per heavy atom. The molecule has 1 aromatic heterocycles. The molecule has 108 valence electrons. The SMILES string of the molecule is CCOC(=O)c1nn(CCS(=O)(=O)C(C)C)cc1N. The molecule has 0 saturated heterocycles. The number of hydrogen-bond acceptors (Lipinski definition) is 6. The van der Waals surface area contributed by atoms with Crippen LogP contribution in [0.25, 0.3) is 0 Å². The highest BCUT2D eigenvalue weighted by molar-refractivity contribution is 7.91. The topological polar surface area (TPSA) is 104 Å². The predicted molar refractivity (Wildman–Crippen MR) is 71.5 cm³/mol. The molecule has 0 amide bonds. The first-order valence-electron chi connectivity index (χ1n) is 5.99. The molecule has 1 aromatic rings. The van der Waals surface area contributed by atoms with Gasteiger partial charge >= 0.3 is 5.97 Å². The van der Waals surface area contributed by atoms with Gasteiger partial charge in [0.05, 0.1) is 29.8 Å². The molecule has 0 aliphatic rings. The Hall–Kier alpha value is -1.57. The number of nitrogens with two attached hydrogens (primary N) is 1. The number of sulfone groups is 1. The third-order valence-corrected chi connectivity index (χ3v) is 4.77. The van der Waals surface area contributed by atoms with Crippen molar-refractivity contribution >= 4 is 21.5 Å². The highest BCUT2D eigenvalue weighted by Gasteiger charge is 2.19. The van der Waals surface area contributed by atoms with Gasteiger partial charge in [0.15, 0.2) is 15.5 Å². The molecule has 0 aliphatic carbocycles. The highest BCUT2D eigenvalue weighted by Crippen LogP contribution is 2.11. The predicted octanol–water partition coefficient (Wildman–Crippen LogP) is 0.465. The summed E-state index contributed by atoms with van der Waals surface area (Å²) in [5.74, 6) is -0.654. The molecule has 0 fully saturated rings. The number of carbonyl (C=O) groups is 1. The van der Waals surface area contributed by atoms with Gasteiger partial charge in [0.1, 0.15) is 0 Å². The molecule has 0 unspecified atom stereocenters. The van der Waals surface area contributed by atoms with Crippen molar-refractivity contribution in [2.75, 3.05) is 18.1 Å². The molecule has 0 atom stereocenters. The van der Waals surface area contributed by atoms with E-state index in [0.29, 0.717) is 0 Å². The first kappa shape index (κ1) is 15.5. The summed E-state index contributed by atoms with van der Waals surface area (Å²) in [6.45, 7) is 5.31. The van der Waals surface area contributed by atoms with Crippen LogP contribution in [0, 0.1) is 0 Å². The molecule has 0 bridgehead atoms. The zero-order chi connectivity index (χ0) is 14.6. The standard InChI is InChI=1S/C11H19N3O4S/c1-4-18-11(15)10-9(12)7-14(13-10)5-6-19(16,17)8(2)3/h7-8H,4-6,12H2,1-3H3. The van der Waals surface area contributed by atoms with Gasteiger partial charge in [0, 0.05) is 6.20 Å². The number of carbonyl (C=O) groups excluding carboxylic acids is 1. The van der Waals surface area contributed by atoms with Gasteiger partial charge in [-0.3, -0.25) is 4.68 Å². The highest BCUT2D eigenvalue weighted by atomic mass is 32.2. The van der Waals surface area contributed by atoms with E-state index in [1.807, 2.05) is 0 Å². The molecule has 0 radical (unpaired) electrons. The second kappa shape index (κ2) is 6.05. The van der Waals surface area contributed by atoms with Crippen molar-refractivity contribution < 1.29 is 17.9 Å². The Labute approximate surface area is 112 Å². The monoisotopic (exact) mass is 289 g/mol. The van der Waals surface area contributed by atoms with Crippen molar-refractivity contribution in [3.05, 3.63) is 11.9 Å². The summed E-state index contributed by atoms with van der Waals surface area (Å²) in [5.41, 5.74) is 5.84. The van der Waals surface area contributed by atoms with Crippen LogP contribution in [0.3, 0.4) is 0 Å². The van der Waals surface area contributed by atoms with Gasteiger partial charge in [-0.1, -0.05) is 0 Å². The number of ether oxygens (including phenoxy) is 1. The fourth-order valence-corrected chi connectivity index (χ4v) is 2.28. The van der Waals surface area contributed by atoms with E-state index in [-0.39, 0.29) is 30.3 Å². The number of aromatic nitrogens is 2. The number of nitrogens with zero attached hydrogens (tertiary/aromatic N) is 2. The maximum absolute atomic E-state index is 11.7. The third kappa shape index (κ3) is 3.95. The molecule has 0 aliphatic heterocycles. The first-order valence-corrected chi connectivity index (χ1v) is 7.71. The number of esters is 1. The van der Waals surface area contributed by atoms with Crippen LogP contribution in [0.4, 0.5) is 5.69 Å². The second-order valence-electron chi connectivity index (χ2n) is 4.33. The smallest absolute Gasteiger partial charge is 0.361 e. The van der Waals surface area contributed by atoms with Gasteiger partial charge < -0.3 is 10.5 Å². The zero-order valence-corrected chi connectivity index (χ0v) is 12.1. The van der Waals surface area contributed by atoms with Gasteiger partial charge in [-0.15, -0.1) is 0 Å². The molecular weight excluding hydrogens is 270 g/mol. The van der Waals surface area contributed by atoms with Crippen LogP contribution in [0.15, 0.2) is 6.20 Å². The Kier molecular flexibility index (Phi) is 4.93. The summed E-state index contributed by atoms with van der Waals surface area (Å²) in [6, 6.07) is 0. The lowest BCUT2D eigenvalue weighted by Gasteiger charge is -2.07. The van der Waals surface area contributed by atoms with Crippen molar-refractivity contribution in [1.82, 2.24) is 9.78 Å². The van der Waals surface area contributed by atoms with Gasteiger partial charge in [0.25, 0.3) is 0 Å². The van der Waals surface area contributed by atoms with Gasteiger partial charge in [0.2, 0.25) is 0 Å². The number of hydrogen-bond donors (Lipinski definition) is 1. The van der Waals surface area contributed by atoms with Crippen LogP contribution in [-0.2, 0) is 21.1 Å². The van der Waals surface area contributed by atoms with E-state index < -0.39 is 21.1 Å². The summed E-state index contributed by atoms with van der Waals surface area (Å²) < 4.78 is 29.5. The quantitative estimate of drug-likeness (QED) is 0.763. The van der Waals surface area contributed by atoms with Crippen LogP contribution in [-0.4, -0.2) is 41.8 Å². The third-order valence-electron chi connectivity index (χ3n) is 2.58. The fourth-order valence-electron chi connectivity index (χ4n) is 1.37. The summed E-state index contributed by atoms with van der Waals surface area (Å²) in [4.78, 5) is 11.5. The number of aryl methyl sites for hydroxylation is 1. The summed E-state index contributed by atoms with van der Waals surface area (Å²) >= 11 is 0. The molecule has 1 rings (SSSR count). The average molecular weight is 289 g/mol. The minimum Gasteiger partial charge on any atom is -0.461 e. The first-order chi connectivity index (χ1) is 8.77. The van der Waals surface area contributed by atoms with Crippen molar-refractivity contribution in [3.8, 4) is 0 Å². The fraction of sp³-hybridized carbons (Fsp3) is 0.636. The summed E-state index contributed by atoms with van der Waals surface area (Å²) in [7, 11) is -3.15. The van der Waals surface area contributed by atoms with E-state index in [2.05, 4.69) is 5.10 Å². The maximum Gasteiger partial charge on any atom is 0.361 e. The number of rotatable bonds is 6. The average Bonchev–Trinajstić information content (AvgIpc) is 2.68. The van der Waals surface area contributed by atoms with Gasteiger partial charge in [-0.2, -0.15) is 5.10 Å². The lowest BCUT2D eigenvalue weighted by Crippen LogP contribution is -2.21. The summed E-state index contributed by atoms with van der Waals surface area (Å²) in [5, 5.41) is 3.50. The lowest BCUT2D eigenvalue weighted by atomic mass is 10.4. The molecular formula is C11H19N3O4S. The van der Waals surface area contributed by atoms with Crippen LogP contribution < -0.4 is 5.73 Å². The van der Waals surface area contributed by atoms with Crippen molar-refractivity contribution in [2.24, 2.45) is 0 Å². The van der Waals surface area contributed by atoms with E-state index in [1.54, 1.807) is 20.8 Å². The Morgan fingerprint density at radius 1 is 1.53 bits per heavy atom. The van der Waals surface area contributed by atoms with Crippen molar-refractivity contribution in [3.63, 3.8) is 0 Å². The van der Waals surface area contributed by atoms with Crippen LogP contribution >= 0.6 is 0 Å². The molecule has 2 N–H and O–H groups in total. The molecule has 19 heavy (non-hydrogen) atoms. The minimum atomic E-state index is -3.15. The van der Waals surface area contributed by atoms with E-state index >= 15 is 0 Å². The largest absolute Gasteiger partial charge is 0.461 e. The molecule has 0 saturated carbocycles. The second-order valence-corrected chi connectivity index (χ2v) is 7.01.